The van der Waals surface area contributed by atoms with Crippen molar-refractivity contribution in [1.29, 1.82) is 0 Å². The molecule has 3 atom stereocenters. The zero-order valence-electron chi connectivity index (χ0n) is 11.0. The van der Waals surface area contributed by atoms with E-state index in [2.05, 4.69) is 50.1 Å². The van der Waals surface area contributed by atoms with Crippen LogP contribution in [0.25, 0.3) is 0 Å². The number of likely N-dealkylation sites (tertiary alicyclic amines) is 1. The predicted octanol–water partition coefficient (Wildman–Crippen LogP) is 2.32. The average Bonchev–Trinajstić information content (AvgIpc) is 2.58. The molecular weight excluding hydrogens is 210 g/mol. The maximum atomic E-state index is 10.2. The van der Waals surface area contributed by atoms with Crippen LogP contribution in [0.1, 0.15) is 25.8 Å². The van der Waals surface area contributed by atoms with Crippen LogP contribution < -0.4 is 0 Å². The molecular formula is C15H23NO. The van der Waals surface area contributed by atoms with Crippen LogP contribution in [0.5, 0.6) is 0 Å². The molecule has 0 spiro atoms. The second-order valence-electron chi connectivity index (χ2n) is 5.54. The first kappa shape index (κ1) is 12.6. The number of aliphatic hydroxyl groups excluding tert-OH is 1. The van der Waals surface area contributed by atoms with Gasteiger partial charge in [-0.3, -0.25) is 4.90 Å². The number of likely N-dealkylation sites (N-methyl/N-ethyl adjacent to an activating group) is 1. The van der Waals surface area contributed by atoms with Crippen molar-refractivity contribution < 1.29 is 5.11 Å². The van der Waals surface area contributed by atoms with Crippen LogP contribution in [0.15, 0.2) is 30.3 Å². The van der Waals surface area contributed by atoms with Crippen LogP contribution in [0, 0.1) is 5.92 Å². The Morgan fingerprint density at radius 2 is 1.94 bits per heavy atom. The van der Waals surface area contributed by atoms with Gasteiger partial charge in [0, 0.05) is 12.1 Å². The second kappa shape index (κ2) is 5.19. The molecule has 0 unspecified atom stereocenters. The minimum Gasteiger partial charge on any atom is -0.391 e. The summed E-state index contributed by atoms with van der Waals surface area (Å²) in [6, 6.07) is 11.2. The summed E-state index contributed by atoms with van der Waals surface area (Å²) in [6.45, 7) is 4.47. The minimum atomic E-state index is -0.187. The molecule has 0 saturated carbocycles. The predicted molar refractivity (Wildman–Crippen MR) is 70.9 cm³/mol. The van der Waals surface area contributed by atoms with E-state index in [0.717, 1.165) is 12.8 Å². The molecule has 94 valence electrons. The Bertz CT molecular complexity index is 349. The van der Waals surface area contributed by atoms with E-state index in [1.54, 1.807) is 0 Å². The molecule has 1 fully saturated rings. The highest BCUT2D eigenvalue weighted by Crippen LogP contribution is 2.29. The van der Waals surface area contributed by atoms with Crippen molar-refractivity contribution in [3.63, 3.8) is 0 Å². The largest absolute Gasteiger partial charge is 0.391 e. The SMILES string of the molecule is CC(C)[C@H]1C[C@@H](O)[C@@H](Cc2ccccc2)N1C. The first-order valence-electron chi connectivity index (χ1n) is 6.53. The molecule has 17 heavy (non-hydrogen) atoms. The zero-order chi connectivity index (χ0) is 12.4. The van der Waals surface area contributed by atoms with Crippen LogP contribution >= 0.6 is 0 Å². The average molecular weight is 233 g/mol. The van der Waals surface area contributed by atoms with Gasteiger partial charge in [-0.25, -0.2) is 0 Å². The third-order valence-corrected chi connectivity index (χ3v) is 4.03. The Balaban J connectivity index is 2.06. The highest BCUT2D eigenvalue weighted by Gasteiger charge is 2.38. The molecule has 0 radical (unpaired) electrons. The van der Waals surface area contributed by atoms with Gasteiger partial charge in [0.1, 0.15) is 0 Å². The number of rotatable bonds is 3. The normalized spacial score (nSPS) is 30.1. The Hall–Kier alpha value is -0.860. The van der Waals surface area contributed by atoms with E-state index in [4.69, 9.17) is 0 Å². The minimum absolute atomic E-state index is 0.187. The van der Waals surface area contributed by atoms with Gasteiger partial charge in [0.15, 0.2) is 0 Å². The van der Waals surface area contributed by atoms with Crippen LogP contribution in [-0.4, -0.2) is 35.2 Å². The molecule has 1 aromatic carbocycles. The van der Waals surface area contributed by atoms with Gasteiger partial charge in [0.2, 0.25) is 0 Å². The van der Waals surface area contributed by atoms with E-state index in [1.807, 2.05) is 6.07 Å². The number of aliphatic hydroxyl groups is 1. The van der Waals surface area contributed by atoms with Crippen molar-refractivity contribution in [2.75, 3.05) is 7.05 Å². The smallest absolute Gasteiger partial charge is 0.0713 e. The lowest BCUT2D eigenvalue weighted by atomic mass is 10.00. The first-order valence-corrected chi connectivity index (χ1v) is 6.53. The number of hydrogen-bond donors (Lipinski definition) is 1. The number of benzene rings is 1. The molecule has 2 rings (SSSR count). The van der Waals surface area contributed by atoms with Gasteiger partial charge in [0.25, 0.3) is 0 Å². The lowest BCUT2D eigenvalue weighted by Gasteiger charge is -2.28. The molecule has 1 N–H and O–H groups in total. The maximum absolute atomic E-state index is 10.2. The molecule has 1 aliphatic heterocycles. The third kappa shape index (κ3) is 2.70. The quantitative estimate of drug-likeness (QED) is 0.866. The fraction of sp³-hybridized carbons (Fsp3) is 0.600. The van der Waals surface area contributed by atoms with E-state index < -0.39 is 0 Å². The molecule has 2 heteroatoms. The first-order chi connectivity index (χ1) is 8.09. The van der Waals surface area contributed by atoms with Gasteiger partial charge < -0.3 is 5.11 Å². The summed E-state index contributed by atoms with van der Waals surface area (Å²) in [5.41, 5.74) is 1.31. The molecule has 1 heterocycles. The van der Waals surface area contributed by atoms with Gasteiger partial charge in [0.05, 0.1) is 6.10 Å². The Kier molecular flexibility index (Phi) is 3.85. The Labute approximate surface area is 104 Å². The van der Waals surface area contributed by atoms with Crippen LogP contribution in [0.2, 0.25) is 0 Å². The van der Waals surface area contributed by atoms with Crippen molar-refractivity contribution in [3.8, 4) is 0 Å². The van der Waals surface area contributed by atoms with Crippen molar-refractivity contribution in [2.24, 2.45) is 5.92 Å². The van der Waals surface area contributed by atoms with E-state index >= 15 is 0 Å². The van der Waals surface area contributed by atoms with Gasteiger partial charge in [-0.1, -0.05) is 44.2 Å². The summed E-state index contributed by atoms with van der Waals surface area (Å²) in [5, 5.41) is 10.2. The summed E-state index contributed by atoms with van der Waals surface area (Å²) < 4.78 is 0. The number of hydrogen-bond acceptors (Lipinski definition) is 2. The highest BCUT2D eigenvalue weighted by molar-refractivity contribution is 5.17. The summed E-state index contributed by atoms with van der Waals surface area (Å²) >= 11 is 0. The summed E-state index contributed by atoms with van der Waals surface area (Å²) in [5.74, 6) is 0.607. The maximum Gasteiger partial charge on any atom is 0.0713 e. The van der Waals surface area contributed by atoms with Crippen molar-refractivity contribution in [1.82, 2.24) is 4.90 Å². The van der Waals surface area contributed by atoms with E-state index in [9.17, 15) is 5.11 Å². The highest BCUT2D eigenvalue weighted by atomic mass is 16.3. The van der Waals surface area contributed by atoms with Crippen molar-refractivity contribution >= 4 is 0 Å². The van der Waals surface area contributed by atoms with Gasteiger partial charge >= 0.3 is 0 Å². The van der Waals surface area contributed by atoms with Crippen LogP contribution in [0.3, 0.4) is 0 Å². The molecule has 0 amide bonds. The van der Waals surface area contributed by atoms with E-state index in [0.29, 0.717) is 12.0 Å². The monoisotopic (exact) mass is 233 g/mol. The number of nitrogens with zero attached hydrogens (tertiary/aromatic N) is 1. The van der Waals surface area contributed by atoms with Crippen molar-refractivity contribution in [3.05, 3.63) is 35.9 Å². The Morgan fingerprint density at radius 3 is 2.47 bits per heavy atom. The molecule has 1 aliphatic rings. The van der Waals surface area contributed by atoms with Crippen LogP contribution in [0.4, 0.5) is 0 Å². The standard InChI is InChI=1S/C15H23NO/c1-11(2)13-10-15(17)14(16(13)3)9-12-7-5-4-6-8-12/h4-8,11,13-15,17H,9-10H2,1-3H3/t13-,14-,15-/m1/s1. The van der Waals surface area contributed by atoms with Crippen LogP contribution in [-0.2, 0) is 6.42 Å². The summed E-state index contributed by atoms with van der Waals surface area (Å²) in [4.78, 5) is 2.36. The molecule has 0 aromatic heterocycles. The molecule has 2 nitrogen and oxygen atoms in total. The molecule has 1 saturated heterocycles. The summed E-state index contributed by atoms with van der Waals surface area (Å²) in [6.07, 6.45) is 1.67. The fourth-order valence-corrected chi connectivity index (χ4v) is 2.97. The third-order valence-electron chi connectivity index (χ3n) is 4.03. The molecule has 0 aliphatic carbocycles. The van der Waals surface area contributed by atoms with Gasteiger partial charge in [-0.15, -0.1) is 0 Å². The Morgan fingerprint density at radius 1 is 1.29 bits per heavy atom. The molecule has 1 aromatic rings. The van der Waals surface area contributed by atoms with Gasteiger partial charge in [-0.05, 0) is 31.4 Å². The lowest BCUT2D eigenvalue weighted by Crippen LogP contribution is -2.38. The van der Waals surface area contributed by atoms with Crippen molar-refractivity contribution in [2.45, 2.75) is 44.9 Å². The van der Waals surface area contributed by atoms with E-state index in [-0.39, 0.29) is 12.1 Å². The second-order valence-corrected chi connectivity index (χ2v) is 5.54. The topological polar surface area (TPSA) is 23.5 Å². The summed E-state index contributed by atoms with van der Waals surface area (Å²) in [7, 11) is 2.15. The lowest BCUT2D eigenvalue weighted by molar-refractivity contribution is 0.121. The van der Waals surface area contributed by atoms with E-state index in [1.165, 1.54) is 5.56 Å². The fourth-order valence-electron chi connectivity index (χ4n) is 2.97. The molecule has 0 bridgehead atoms. The van der Waals surface area contributed by atoms with Gasteiger partial charge in [-0.2, -0.15) is 0 Å². The zero-order valence-corrected chi connectivity index (χ0v) is 11.0.